The number of nitrogens with two attached hydrogens (primary N) is 1. The number of primary amides is 1. The summed E-state index contributed by atoms with van der Waals surface area (Å²) in [6.45, 7) is 0. The molecule has 0 aliphatic carbocycles. The minimum atomic E-state index is -4.69. The Kier molecular flexibility index (Phi) is 5.95. The van der Waals surface area contributed by atoms with Gasteiger partial charge in [-0.15, -0.1) is 0 Å². The fourth-order valence-electron chi connectivity index (χ4n) is 1.12. The molecule has 0 radical (unpaired) electrons. The minimum Gasteiger partial charge on any atom is -1.00 e. The van der Waals surface area contributed by atoms with Gasteiger partial charge in [0.1, 0.15) is 4.90 Å². The van der Waals surface area contributed by atoms with E-state index in [9.17, 15) is 21.6 Å². The Bertz CT molecular complexity index is 704. The Labute approximate surface area is 132 Å². The fraction of sp³-hybridized carbons (Fsp3) is 0. The smallest absolute Gasteiger partial charge is 1.00 e. The third-order valence-corrected chi connectivity index (χ3v) is 3.55. The molecule has 0 fully saturated rings. The van der Waals surface area contributed by atoms with Crippen LogP contribution in [-0.2, 0) is 20.2 Å². The van der Waals surface area contributed by atoms with Crippen LogP contribution in [0.5, 0.6) is 0 Å². The van der Waals surface area contributed by atoms with Crippen LogP contribution >= 0.6 is 0 Å². The SMILES string of the molecule is NC(=O)Nc1cc(S(=O)(=O)O)ccc1S(=O)(=O)O.[H-].[Na+]. The van der Waals surface area contributed by atoms with E-state index in [2.05, 4.69) is 0 Å². The van der Waals surface area contributed by atoms with Crippen LogP contribution in [0.1, 0.15) is 1.43 Å². The molecule has 12 heteroatoms. The van der Waals surface area contributed by atoms with Crippen molar-refractivity contribution in [2.45, 2.75) is 9.79 Å². The van der Waals surface area contributed by atoms with E-state index in [0.29, 0.717) is 12.1 Å². The van der Waals surface area contributed by atoms with Crippen molar-refractivity contribution in [3.05, 3.63) is 18.2 Å². The van der Waals surface area contributed by atoms with Crippen molar-refractivity contribution in [1.82, 2.24) is 0 Å². The average molecular weight is 320 g/mol. The van der Waals surface area contributed by atoms with Gasteiger partial charge in [-0.25, -0.2) is 4.79 Å². The molecule has 0 aliphatic heterocycles. The molecule has 0 atom stereocenters. The first kappa shape index (κ1) is 18.3. The summed E-state index contributed by atoms with van der Waals surface area (Å²) in [6, 6.07) is 0.907. The van der Waals surface area contributed by atoms with Gasteiger partial charge in [-0.05, 0) is 18.2 Å². The number of rotatable bonds is 3. The Balaban J connectivity index is 0. The topological polar surface area (TPSA) is 164 Å². The van der Waals surface area contributed by atoms with E-state index < -0.39 is 41.7 Å². The van der Waals surface area contributed by atoms with E-state index in [1.54, 1.807) is 0 Å². The van der Waals surface area contributed by atoms with E-state index >= 15 is 0 Å². The molecule has 1 rings (SSSR count). The summed E-state index contributed by atoms with van der Waals surface area (Å²) in [5, 5.41) is 1.82. The fourth-order valence-corrected chi connectivity index (χ4v) is 2.26. The molecule has 2 amide bonds. The number of anilines is 1. The second kappa shape index (κ2) is 6.17. The van der Waals surface area contributed by atoms with Gasteiger partial charge in [-0.1, -0.05) is 0 Å². The van der Waals surface area contributed by atoms with E-state index in [-0.39, 0.29) is 31.0 Å². The van der Waals surface area contributed by atoms with Gasteiger partial charge in [-0.3, -0.25) is 9.11 Å². The van der Waals surface area contributed by atoms with Crippen LogP contribution in [0.25, 0.3) is 0 Å². The molecule has 19 heavy (non-hydrogen) atoms. The molecular formula is C7H9N2NaO7S2. The quantitative estimate of drug-likeness (QED) is 0.336. The summed E-state index contributed by atoms with van der Waals surface area (Å²) in [4.78, 5) is 9.21. The van der Waals surface area contributed by atoms with Crippen LogP contribution in [0.3, 0.4) is 0 Å². The van der Waals surface area contributed by atoms with Crippen LogP contribution < -0.4 is 40.6 Å². The minimum absolute atomic E-state index is 0. The predicted molar refractivity (Wildman–Crippen MR) is 60.4 cm³/mol. The molecule has 1 aromatic rings. The zero-order valence-corrected chi connectivity index (χ0v) is 13.2. The second-order valence-corrected chi connectivity index (χ2v) is 5.91. The number of nitrogens with one attached hydrogen (secondary N) is 1. The second-order valence-electron chi connectivity index (χ2n) is 3.10. The Hall–Kier alpha value is -0.690. The van der Waals surface area contributed by atoms with Gasteiger partial charge in [0, 0.05) is 0 Å². The number of carbonyl (C=O) groups is 1. The molecule has 5 N–H and O–H groups in total. The average Bonchev–Trinajstić information content (AvgIpc) is 2.13. The van der Waals surface area contributed by atoms with Crippen LogP contribution in [0.15, 0.2) is 28.0 Å². The van der Waals surface area contributed by atoms with Crippen LogP contribution in [0.4, 0.5) is 10.5 Å². The van der Waals surface area contributed by atoms with Gasteiger partial charge in [0.25, 0.3) is 20.2 Å². The maximum Gasteiger partial charge on any atom is 1.00 e. The number of hydrogen-bond donors (Lipinski definition) is 4. The van der Waals surface area contributed by atoms with Crippen molar-refractivity contribution in [1.29, 1.82) is 0 Å². The van der Waals surface area contributed by atoms with E-state index in [0.717, 1.165) is 6.07 Å². The normalized spacial score (nSPS) is 11.5. The van der Waals surface area contributed by atoms with Gasteiger partial charge >= 0.3 is 35.6 Å². The zero-order chi connectivity index (χ0) is 14.1. The van der Waals surface area contributed by atoms with Crippen molar-refractivity contribution in [3.8, 4) is 0 Å². The van der Waals surface area contributed by atoms with Gasteiger partial charge in [0.2, 0.25) is 0 Å². The molecule has 9 nitrogen and oxygen atoms in total. The van der Waals surface area contributed by atoms with Crippen LogP contribution in [0.2, 0.25) is 0 Å². The summed E-state index contributed by atoms with van der Waals surface area (Å²) in [7, 11) is -9.28. The van der Waals surface area contributed by atoms with Crippen molar-refractivity contribution < 1.29 is 61.7 Å². The predicted octanol–water partition coefficient (Wildman–Crippen LogP) is -3.21. The van der Waals surface area contributed by atoms with Crippen LogP contribution in [-0.4, -0.2) is 32.0 Å². The van der Waals surface area contributed by atoms with Crippen molar-refractivity contribution >= 4 is 32.0 Å². The molecule has 0 saturated carbocycles. The Morgan fingerprint density at radius 3 is 2.05 bits per heavy atom. The van der Waals surface area contributed by atoms with Gasteiger partial charge < -0.3 is 12.5 Å². The van der Waals surface area contributed by atoms with Crippen LogP contribution in [0, 0.1) is 0 Å². The molecule has 0 heterocycles. The Morgan fingerprint density at radius 1 is 1.16 bits per heavy atom. The molecule has 0 unspecified atom stereocenters. The molecule has 1 aromatic carbocycles. The van der Waals surface area contributed by atoms with E-state index in [4.69, 9.17) is 14.8 Å². The summed E-state index contributed by atoms with van der Waals surface area (Å²) in [6.07, 6.45) is 0. The standard InChI is InChI=1S/C7H8N2O7S2.Na.H/c8-7(10)9-5-3-4(17(11,12)13)1-2-6(5)18(14,15)16;;/h1-3H,(H3,8,9,10)(H,11,12,13)(H,14,15,16);;/q;+1;-1. The zero-order valence-electron chi connectivity index (χ0n) is 10.6. The van der Waals surface area contributed by atoms with Crippen molar-refractivity contribution in [3.63, 3.8) is 0 Å². The third-order valence-electron chi connectivity index (χ3n) is 1.78. The number of hydrogen-bond acceptors (Lipinski definition) is 5. The summed E-state index contributed by atoms with van der Waals surface area (Å²) >= 11 is 0. The van der Waals surface area contributed by atoms with Gasteiger partial charge in [0.15, 0.2) is 0 Å². The molecule has 0 aromatic heterocycles. The first-order valence-corrected chi connectivity index (χ1v) is 7.05. The van der Waals surface area contributed by atoms with E-state index in [1.807, 2.05) is 5.32 Å². The van der Waals surface area contributed by atoms with Crippen molar-refractivity contribution in [2.75, 3.05) is 5.32 Å². The summed E-state index contributed by atoms with van der Waals surface area (Å²) < 4.78 is 61.2. The Morgan fingerprint density at radius 2 is 1.68 bits per heavy atom. The molecule has 0 aliphatic rings. The first-order valence-electron chi connectivity index (χ1n) is 4.17. The number of benzene rings is 1. The number of amides is 2. The molecule has 0 spiro atoms. The maximum atomic E-state index is 10.9. The largest absolute Gasteiger partial charge is 1.00 e. The molecular weight excluding hydrogens is 311 g/mol. The number of carbonyl (C=O) groups excluding carboxylic acids is 1. The van der Waals surface area contributed by atoms with Gasteiger partial charge in [0.05, 0.1) is 10.6 Å². The van der Waals surface area contributed by atoms with Crippen molar-refractivity contribution in [2.24, 2.45) is 5.73 Å². The first-order chi connectivity index (χ1) is 8.01. The monoisotopic (exact) mass is 320 g/mol. The van der Waals surface area contributed by atoms with Gasteiger partial charge in [-0.2, -0.15) is 16.8 Å². The summed E-state index contributed by atoms with van der Waals surface area (Å²) in [5.41, 5.74) is 4.19. The summed E-state index contributed by atoms with van der Waals surface area (Å²) in [5.74, 6) is 0. The maximum absolute atomic E-state index is 10.9. The third kappa shape index (κ3) is 5.06. The molecule has 0 saturated heterocycles. The van der Waals surface area contributed by atoms with E-state index in [1.165, 1.54) is 0 Å². The molecule has 0 bridgehead atoms. The molecule has 102 valence electrons. The number of urea groups is 1.